The van der Waals surface area contributed by atoms with E-state index in [1.807, 2.05) is 6.92 Å². The van der Waals surface area contributed by atoms with Crippen molar-refractivity contribution in [2.45, 2.75) is 39.5 Å². The molecule has 0 unspecified atom stereocenters. The Bertz CT molecular complexity index is 510. The summed E-state index contributed by atoms with van der Waals surface area (Å²) in [5, 5.41) is 3.43. The Morgan fingerprint density at radius 1 is 1.30 bits per heavy atom. The molecule has 1 N–H and O–H groups in total. The van der Waals surface area contributed by atoms with Crippen molar-refractivity contribution in [2.75, 3.05) is 44.7 Å². The van der Waals surface area contributed by atoms with Crippen LogP contribution in [-0.2, 0) is 6.42 Å². The maximum Gasteiger partial charge on any atom is 0.184 e. The molecule has 0 amide bonds. The molecule has 1 aromatic rings. The van der Waals surface area contributed by atoms with Crippen LogP contribution in [0.5, 0.6) is 11.5 Å². The van der Waals surface area contributed by atoms with Gasteiger partial charge in [0, 0.05) is 6.54 Å². The van der Waals surface area contributed by atoms with Crippen LogP contribution in [-0.4, -0.2) is 44.3 Å². The second-order valence-corrected chi connectivity index (χ2v) is 6.81. The highest BCUT2D eigenvalue weighted by Crippen LogP contribution is 2.39. The highest BCUT2D eigenvalue weighted by molar-refractivity contribution is 5.66. The zero-order valence-corrected chi connectivity index (χ0v) is 14.6. The summed E-state index contributed by atoms with van der Waals surface area (Å²) in [5.41, 5.74) is 2.43. The first kappa shape index (κ1) is 16.4. The first-order valence-electron chi connectivity index (χ1n) is 9.15. The van der Waals surface area contributed by atoms with Gasteiger partial charge in [-0.3, -0.25) is 0 Å². The highest BCUT2D eigenvalue weighted by atomic mass is 16.5. The van der Waals surface area contributed by atoms with Gasteiger partial charge in [0.1, 0.15) is 6.61 Å². The zero-order valence-electron chi connectivity index (χ0n) is 14.6. The van der Waals surface area contributed by atoms with Crippen LogP contribution in [0.3, 0.4) is 0 Å². The number of piperidine rings is 1. The average molecular weight is 318 g/mol. The summed E-state index contributed by atoms with van der Waals surface area (Å²) < 4.78 is 11.6. The number of hydrogen-bond donors (Lipinski definition) is 1. The predicted molar refractivity (Wildman–Crippen MR) is 94.8 cm³/mol. The molecule has 0 spiro atoms. The first-order chi connectivity index (χ1) is 11.3. The van der Waals surface area contributed by atoms with Gasteiger partial charge in [-0.1, -0.05) is 6.92 Å². The van der Waals surface area contributed by atoms with Crippen molar-refractivity contribution in [3.8, 4) is 11.5 Å². The summed E-state index contributed by atoms with van der Waals surface area (Å²) >= 11 is 0. The van der Waals surface area contributed by atoms with Gasteiger partial charge in [0.25, 0.3) is 0 Å². The molecule has 0 aliphatic carbocycles. The van der Waals surface area contributed by atoms with E-state index in [1.165, 1.54) is 44.5 Å². The minimum atomic E-state index is 0.672. The molecule has 0 radical (unpaired) electrons. The molecule has 0 atom stereocenters. The van der Waals surface area contributed by atoms with Crippen LogP contribution in [0.2, 0.25) is 0 Å². The minimum Gasteiger partial charge on any atom is -0.490 e. The molecule has 1 aromatic carbocycles. The standard InChI is InChI=1S/C19H30N2O2/c1-3-22-18-14-16(13-17-19(18)23-12-8-20-17)5-4-9-21-10-6-15(2)7-11-21/h13-15,20H,3-12H2,1-2H3. The van der Waals surface area contributed by atoms with Crippen molar-refractivity contribution in [3.05, 3.63) is 17.7 Å². The van der Waals surface area contributed by atoms with E-state index < -0.39 is 0 Å². The van der Waals surface area contributed by atoms with Crippen LogP contribution in [0.4, 0.5) is 5.69 Å². The summed E-state index contributed by atoms with van der Waals surface area (Å²) in [7, 11) is 0. The molecule has 2 aliphatic heterocycles. The molecule has 1 fully saturated rings. The Balaban J connectivity index is 1.58. The number of nitrogens with one attached hydrogen (secondary N) is 1. The Kier molecular flexibility index (Phi) is 5.65. The Morgan fingerprint density at radius 2 is 2.13 bits per heavy atom. The lowest BCUT2D eigenvalue weighted by molar-refractivity contribution is 0.191. The quantitative estimate of drug-likeness (QED) is 0.869. The molecular weight excluding hydrogens is 288 g/mol. The number of likely N-dealkylation sites (tertiary alicyclic amines) is 1. The van der Waals surface area contributed by atoms with Gasteiger partial charge in [0.05, 0.1) is 12.3 Å². The monoisotopic (exact) mass is 318 g/mol. The van der Waals surface area contributed by atoms with E-state index in [1.54, 1.807) is 0 Å². The van der Waals surface area contributed by atoms with Crippen molar-refractivity contribution in [1.29, 1.82) is 0 Å². The van der Waals surface area contributed by atoms with E-state index in [0.717, 1.165) is 36.1 Å². The number of hydrogen-bond acceptors (Lipinski definition) is 4. The zero-order chi connectivity index (χ0) is 16.1. The number of ether oxygens (including phenoxy) is 2. The van der Waals surface area contributed by atoms with E-state index in [4.69, 9.17) is 9.47 Å². The molecule has 4 nitrogen and oxygen atoms in total. The Hall–Kier alpha value is -1.42. The fourth-order valence-electron chi connectivity index (χ4n) is 3.48. The second kappa shape index (κ2) is 7.91. The van der Waals surface area contributed by atoms with Gasteiger partial charge in [-0.25, -0.2) is 0 Å². The largest absolute Gasteiger partial charge is 0.490 e. The van der Waals surface area contributed by atoms with Gasteiger partial charge in [-0.05, 0) is 75.9 Å². The molecule has 0 aromatic heterocycles. The normalized spacial score (nSPS) is 18.9. The molecule has 0 bridgehead atoms. The molecule has 128 valence electrons. The third-order valence-corrected chi connectivity index (χ3v) is 4.89. The number of fused-ring (bicyclic) bond motifs is 1. The molecule has 4 heteroatoms. The lowest BCUT2D eigenvalue weighted by Gasteiger charge is -2.30. The van der Waals surface area contributed by atoms with Crippen LogP contribution >= 0.6 is 0 Å². The van der Waals surface area contributed by atoms with Crippen molar-refractivity contribution in [3.63, 3.8) is 0 Å². The fourth-order valence-corrected chi connectivity index (χ4v) is 3.48. The average Bonchev–Trinajstić information content (AvgIpc) is 2.57. The van der Waals surface area contributed by atoms with Gasteiger partial charge < -0.3 is 19.7 Å². The minimum absolute atomic E-state index is 0.672. The van der Waals surface area contributed by atoms with E-state index in [2.05, 4.69) is 29.3 Å². The van der Waals surface area contributed by atoms with Gasteiger partial charge in [-0.2, -0.15) is 0 Å². The van der Waals surface area contributed by atoms with E-state index in [-0.39, 0.29) is 0 Å². The lowest BCUT2D eigenvalue weighted by Crippen LogP contribution is -2.33. The topological polar surface area (TPSA) is 33.7 Å². The molecule has 23 heavy (non-hydrogen) atoms. The number of rotatable bonds is 6. The third-order valence-electron chi connectivity index (χ3n) is 4.89. The predicted octanol–water partition coefficient (Wildman–Crippen LogP) is 3.55. The molecule has 2 aliphatic rings. The summed E-state index contributed by atoms with van der Waals surface area (Å²) in [6, 6.07) is 4.39. The number of aryl methyl sites for hydroxylation is 1. The van der Waals surface area contributed by atoms with Gasteiger partial charge in [0.2, 0.25) is 0 Å². The second-order valence-electron chi connectivity index (χ2n) is 6.81. The Labute approximate surface area is 140 Å². The summed E-state index contributed by atoms with van der Waals surface area (Å²) in [5.74, 6) is 2.68. The maximum absolute atomic E-state index is 5.78. The fraction of sp³-hybridized carbons (Fsp3) is 0.684. The molecule has 3 rings (SSSR count). The van der Waals surface area contributed by atoms with Crippen molar-refractivity contribution >= 4 is 5.69 Å². The van der Waals surface area contributed by atoms with Gasteiger partial charge in [-0.15, -0.1) is 0 Å². The highest BCUT2D eigenvalue weighted by Gasteiger charge is 2.18. The maximum atomic E-state index is 5.78. The van der Waals surface area contributed by atoms with E-state index >= 15 is 0 Å². The third kappa shape index (κ3) is 4.31. The van der Waals surface area contributed by atoms with Crippen molar-refractivity contribution in [2.24, 2.45) is 5.92 Å². The number of anilines is 1. The van der Waals surface area contributed by atoms with Crippen LogP contribution in [0.15, 0.2) is 12.1 Å². The smallest absolute Gasteiger partial charge is 0.184 e. The van der Waals surface area contributed by atoms with E-state index in [9.17, 15) is 0 Å². The van der Waals surface area contributed by atoms with E-state index in [0.29, 0.717) is 13.2 Å². The van der Waals surface area contributed by atoms with Crippen molar-refractivity contribution in [1.82, 2.24) is 4.90 Å². The molecule has 2 heterocycles. The lowest BCUT2D eigenvalue weighted by atomic mass is 9.99. The van der Waals surface area contributed by atoms with Crippen LogP contribution in [0.25, 0.3) is 0 Å². The van der Waals surface area contributed by atoms with Crippen LogP contribution in [0, 0.1) is 5.92 Å². The van der Waals surface area contributed by atoms with Gasteiger partial charge in [0.15, 0.2) is 11.5 Å². The Morgan fingerprint density at radius 3 is 2.91 bits per heavy atom. The number of nitrogens with zero attached hydrogens (tertiary/aromatic N) is 1. The summed E-state index contributed by atoms with van der Waals surface area (Å²) in [6.45, 7) is 10.4. The molecule has 0 saturated carbocycles. The van der Waals surface area contributed by atoms with Crippen LogP contribution < -0.4 is 14.8 Å². The van der Waals surface area contributed by atoms with Crippen molar-refractivity contribution < 1.29 is 9.47 Å². The molecular formula is C19H30N2O2. The van der Waals surface area contributed by atoms with Gasteiger partial charge >= 0.3 is 0 Å². The number of benzene rings is 1. The first-order valence-corrected chi connectivity index (χ1v) is 9.15. The summed E-state index contributed by atoms with van der Waals surface area (Å²) in [4.78, 5) is 2.61. The SMILES string of the molecule is CCOc1cc(CCCN2CCC(C)CC2)cc2c1OCCN2. The van der Waals surface area contributed by atoms with Crippen LogP contribution in [0.1, 0.15) is 38.7 Å². The summed E-state index contributed by atoms with van der Waals surface area (Å²) in [6.07, 6.45) is 5.02. The molecule has 1 saturated heterocycles.